The van der Waals surface area contributed by atoms with Crippen LogP contribution in [0.4, 0.5) is 11.4 Å². The average molecular weight is 973 g/mol. The third kappa shape index (κ3) is 8.55. The van der Waals surface area contributed by atoms with E-state index < -0.39 is 8.07 Å². The molecule has 0 fully saturated rings. The Morgan fingerprint density at radius 3 is 1.32 bits per heavy atom. The molecule has 3 heteroatoms. The summed E-state index contributed by atoms with van der Waals surface area (Å²) in [5, 5.41) is 11.8. The summed E-state index contributed by atoms with van der Waals surface area (Å²) < 4.78 is 2.40. The van der Waals surface area contributed by atoms with Crippen LogP contribution in [0.25, 0.3) is 83.1 Å². The summed E-state index contributed by atoms with van der Waals surface area (Å²) in [5.74, 6) is 0. The maximum atomic E-state index is 3.87. The number of aromatic nitrogens is 1. The predicted molar refractivity (Wildman–Crippen MR) is 321 cm³/mol. The van der Waals surface area contributed by atoms with Gasteiger partial charge in [-0.1, -0.05) is 255 Å². The lowest BCUT2D eigenvalue weighted by molar-refractivity contribution is 1.18. The van der Waals surface area contributed by atoms with E-state index in [-0.39, 0.29) is 0 Å². The second-order valence-corrected chi connectivity index (χ2v) is 23.1. The highest BCUT2D eigenvalue weighted by molar-refractivity contribution is 7.19. The van der Waals surface area contributed by atoms with E-state index >= 15 is 0 Å². The molecule has 0 spiro atoms. The fraction of sp³-hybridized carbons (Fsp3) is 0. The number of hydrogen-bond acceptors (Lipinski definition) is 1. The molecule has 0 aliphatic heterocycles. The minimum atomic E-state index is -2.69. The molecule has 13 aromatic rings. The highest BCUT2D eigenvalue weighted by Crippen LogP contribution is 2.39. The van der Waals surface area contributed by atoms with Crippen LogP contribution in [0.1, 0.15) is 0 Å². The Morgan fingerprint density at radius 2 is 0.680 bits per heavy atom. The Kier molecular flexibility index (Phi) is 12.0. The Balaban J connectivity index is 0.817. The second-order valence-electron chi connectivity index (χ2n) is 19.3. The van der Waals surface area contributed by atoms with E-state index in [1.165, 1.54) is 75.9 Å². The molecule has 2 nitrogen and oxygen atoms in total. The number of rotatable bonds is 12. The number of fused-ring (bicyclic) bond motifs is 3. The zero-order valence-corrected chi connectivity index (χ0v) is 42.4. The van der Waals surface area contributed by atoms with Crippen molar-refractivity contribution in [1.82, 2.24) is 4.57 Å². The van der Waals surface area contributed by atoms with E-state index in [1.54, 1.807) is 0 Å². The zero-order valence-electron chi connectivity index (χ0n) is 41.4. The topological polar surface area (TPSA) is 17.0 Å². The minimum absolute atomic E-state index is 1.03. The first-order valence-electron chi connectivity index (χ1n) is 25.8. The van der Waals surface area contributed by atoms with Crippen molar-refractivity contribution in [1.29, 1.82) is 0 Å². The number of nitrogens with one attached hydrogen (secondary N) is 1. The van der Waals surface area contributed by atoms with E-state index in [9.17, 15) is 0 Å². The van der Waals surface area contributed by atoms with Gasteiger partial charge in [0, 0.05) is 33.4 Å². The van der Waals surface area contributed by atoms with Crippen molar-refractivity contribution in [2.75, 3.05) is 5.32 Å². The van der Waals surface area contributed by atoms with Gasteiger partial charge in [-0.25, -0.2) is 0 Å². The average Bonchev–Trinajstić information content (AvgIpc) is 3.83. The largest absolute Gasteiger partial charge is 0.355 e. The molecule has 0 bridgehead atoms. The summed E-state index contributed by atoms with van der Waals surface area (Å²) in [6.07, 6.45) is 0. The first kappa shape index (κ1) is 45.3. The molecule has 12 aromatic carbocycles. The maximum absolute atomic E-state index is 3.87. The smallest absolute Gasteiger partial charge is 0.179 e. The quantitative estimate of drug-likeness (QED) is 0.0954. The molecule has 0 aliphatic carbocycles. The van der Waals surface area contributed by atoms with E-state index in [0.29, 0.717) is 0 Å². The second kappa shape index (κ2) is 19.8. The van der Waals surface area contributed by atoms with Gasteiger partial charge in [0.05, 0.1) is 11.0 Å². The van der Waals surface area contributed by atoms with Gasteiger partial charge in [-0.3, -0.25) is 0 Å². The third-order valence-corrected chi connectivity index (χ3v) is 19.7. The van der Waals surface area contributed by atoms with Crippen molar-refractivity contribution < 1.29 is 0 Å². The van der Waals surface area contributed by atoms with Crippen LogP contribution >= 0.6 is 0 Å². The SMILES string of the molecule is c1ccc(-c2cccc(-n3c4ccccc4c4cc(-c5ccc(-c6ccc(Nc7cccc(-c8cccc([Si](c9ccccc9)(c9ccccc9)c9ccccc9)c8)c7)c(-c7ccccc7)c6)cc5)ccc43)c2)cc1. The normalized spacial score (nSPS) is 11.5. The number of nitrogens with zero attached hydrogens (tertiary/aromatic N) is 1. The molecule has 1 aromatic heterocycles. The van der Waals surface area contributed by atoms with E-state index in [0.717, 1.165) is 39.3 Å². The van der Waals surface area contributed by atoms with Crippen molar-refractivity contribution in [3.63, 3.8) is 0 Å². The Labute approximate surface area is 440 Å². The summed E-state index contributed by atoms with van der Waals surface area (Å²) in [7, 11) is -2.69. The molecule has 0 amide bonds. The summed E-state index contributed by atoms with van der Waals surface area (Å²) in [5.41, 5.74) is 17.4. The molecule has 0 aliphatic rings. The molecule has 0 atom stereocenters. The first-order valence-corrected chi connectivity index (χ1v) is 27.8. The van der Waals surface area contributed by atoms with Gasteiger partial charge in [0.15, 0.2) is 8.07 Å². The Bertz CT molecular complexity index is 4020. The van der Waals surface area contributed by atoms with Crippen LogP contribution in [-0.4, -0.2) is 12.6 Å². The Hall–Kier alpha value is -9.54. The lowest BCUT2D eigenvalue weighted by atomic mass is 9.95. The number of benzene rings is 12. The van der Waals surface area contributed by atoms with Gasteiger partial charge in [0.25, 0.3) is 0 Å². The summed E-state index contributed by atoms with van der Waals surface area (Å²) in [4.78, 5) is 0. The van der Waals surface area contributed by atoms with Crippen LogP contribution in [0.3, 0.4) is 0 Å². The van der Waals surface area contributed by atoms with Crippen LogP contribution in [0.5, 0.6) is 0 Å². The van der Waals surface area contributed by atoms with Gasteiger partial charge in [-0.15, -0.1) is 0 Å². The predicted octanol–water partition coefficient (Wildman–Crippen LogP) is 16.2. The van der Waals surface area contributed by atoms with E-state index in [4.69, 9.17) is 0 Å². The first-order chi connectivity index (χ1) is 37.2. The van der Waals surface area contributed by atoms with Gasteiger partial charge in [0.1, 0.15) is 0 Å². The summed E-state index contributed by atoms with van der Waals surface area (Å²) in [6.45, 7) is 0. The fourth-order valence-corrected chi connectivity index (χ4v) is 16.2. The molecule has 0 saturated heterocycles. The van der Waals surface area contributed by atoms with Crippen molar-refractivity contribution in [2.45, 2.75) is 0 Å². The van der Waals surface area contributed by atoms with Crippen LogP contribution in [0, 0.1) is 0 Å². The van der Waals surface area contributed by atoms with Gasteiger partial charge in [0.2, 0.25) is 0 Å². The van der Waals surface area contributed by atoms with Crippen molar-refractivity contribution >= 4 is 62.0 Å². The minimum Gasteiger partial charge on any atom is -0.355 e. The summed E-state index contributed by atoms with van der Waals surface area (Å²) in [6, 6.07) is 113. The lowest BCUT2D eigenvalue weighted by Crippen LogP contribution is -2.74. The van der Waals surface area contributed by atoms with Gasteiger partial charge in [-0.05, 0) is 125 Å². The lowest BCUT2D eigenvalue weighted by Gasteiger charge is -2.34. The van der Waals surface area contributed by atoms with E-state index in [2.05, 4.69) is 319 Å². The fourth-order valence-electron chi connectivity index (χ4n) is 11.4. The molecule has 1 heterocycles. The molecule has 1 N–H and O–H groups in total. The monoisotopic (exact) mass is 972 g/mol. The Morgan fingerprint density at radius 1 is 0.253 bits per heavy atom. The highest BCUT2D eigenvalue weighted by atomic mass is 28.3. The van der Waals surface area contributed by atoms with Crippen LogP contribution < -0.4 is 26.1 Å². The number of para-hydroxylation sites is 1. The number of hydrogen-bond donors (Lipinski definition) is 1. The van der Waals surface area contributed by atoms with Gasteiger partial charge in [-0.2, -0.15) is 0 Å². The van der Waals surface area contributed by atoms with Crippen molar-refractivity contribution in [3.05, 3.63) is 309 Å². The van der Waals surface area contributed by atoms with Crippen LogP contribution in [0.2, 0.25) is 0 Å². The highest BCUT2D eigenvalue weighted by Gasteiger charge is 2.41. The maximum Gasteiger partial charge on any atom is 0.179 e. The van der Waals surface area contributed by atoms with Crippen molar-refractivity contribution in [2.24, 2.45) is 0 Å². The molecule has 354 valence electrons. The van der Waals surface area contributed by atoms with Crippen LogP contribution in [0.15, 0.2) is 309 Å². The van der Waals surface area contributed by atoms with E-state index in [1.807, 2.05) is 0 Å². The summed E-state index contributed by atoms with van der Waals surface area (Å²) >= 11 is 0. The number of anilines is 2. The molecular weight excluding hydrogens is 921 g/mol. The van der Waals surface area contributed by atoms with Gasteiger partial charge >= 0.3 is 0 Å². The molecule has 0 saturated carbocycles. The van der Waals surface area contributed by atoms with Crippen molar-refractivity contribution in [3.8, 4) is 61.3 Å². The molecule has 75 heavy (non-hydrogen) atoms. The molecule has 0 unspecified atom stereocenters. The van der Waals surface area contributed by atoms with Crippen LogP contribution in [-0.2, 0) is 0 Å². The zero-order chi connectivity index (χ0) is 50.0. The molecular formula is C72H52N2Si. The standard InChI is InChI=1S/C72H52N2Si/c1-6-21-52(22-7-1)57-26-19-29-62(48-57)74-71-38-17-16-37-67(71)69-51-60(44-46-72(69)74)54-41-39-53(40-42-54)59-43-45-70(68(50-59)55-23-8-2-9-24-55)73-61-28-18-25-56(47-61)58-27-20-36-66(49-58)75(63-30-10-3-11-31-63,64-32-12-4-13-33-64)65-34-14-5-15-35-65/h1-51,73H. The molecule has 13 rings (SSSR count). The third-order valence-electron chi connectivity index (χ3n) is 14.9. The van der Waals surface area contributed by atoms with Gasteiger partial charge < -0.3 is 9.88 Å². The molecule has 0 radical (unpaired) electrons.